The summed E-state index contributed by atoms with van der Waals surface area (Å²) in [6.45, 7) is 7.55. The highest BCUT2D eigenvalue weighted by Gasteiger charge is 2.57. The van der Waals surface area contributed by atoms with Crippen molar-refractivity contribution in [1.82, 2.24) is 0 Å². The summed E-state index contributed by atoms with van der Waals surface area (Å²) in [6, 6.07) is 10.7. The van der Waals surface area contributed by atoms with Gasteiger partial charge in [-0.25, -0.2) is 0 Å². The molecule has 0 aromatic heterocycles. The molecular weight excluding hydrogens is 364 g/mol. The van der Waals surface area contributed by atoms with Crippen molar-refractivity contribution in [1.29, 1.82) is 5.26 Å². The van der Waals surface area contributed by atoms with Crippen LogP contribution in [0.5, 0.6) is 0 Å². The number of anilines is 1. The van der Waals surface area contributed by atoms with Crippen LogP contribution in [0.25, 0.3) is 0 Å². The minimum absolute atomic E-state index is 0.497. The van der Waals surface area contributed by atoms with Crippen LogP contribution in [0.2, 0.25) is 0 Å². The van der Waals surface area contributed by atoms with Gasteiger partial charge in [0.15, 0.2) is 0 Å². The summed E-state index contributed by atoms with van der Waals surface area (Å²) in [5.41, 5.74) is 2.42. The van der Waals surface area contributed by atoms with Crippen LogP contribution in [0.3, 0.4) is 0 Å². The largest absolute Gasteiger partial charge is 0.382 e. The lowest BCUT2D eigenvalue weighted by Crippen LogP contribution is -2.50. The Balaban J connectivity index is 1.29. The second-order valence-corrected chi connectivity index (χ2v) is 11.7. The number of hydrogen-bond acceptors (Lipinski definition) is 2. The summed E-state index contributed by atoms with van der Waals surface area (Å²) in [5.74, 6) is 6.84. The Morgan fingerprint density at radius 3 is 2.50 bits per heavy atom. The summed E-state index contributed by atoms with van der Waals surface area (Å²) in [7, 11) is 0. The molecule has 2 nitrogen and oxygen atoms in total. The number of benzene rings is 1. The van der Waals surface area contributed by atoms with Crippen molar-refractivity contribution >= 4 is 5.69 Å². The molecule has 0 amide bonds. The van der Waals surface area contributed by atoms with Crippen LogP contribution >= 0.6 is 0 Å². The fraction of sp³-hybridized carbons (Fsp3) is 0.750. The van der Waals surface area contributed by atoms with Crippen LogP contribution in [0.15, 0.2) is 24.3 Å². The van der Waals surface area contributed by atoms with Gasteiger partial charge in [0, 0.05) is 11.7 Å². The minimum Gasteiger partial charge on any atom is -0.382 e. The van der Waals surface area contributed by atoms with Gasteiger partial charge in [-0.15, -0.1) is 0 Å². The van der Waals surface area contributed by atoms with E-state index < -0.39 is 0 Å². The highest BCUT2D eigenvalue weighted by atomic mass is 14.9. The van der Waals surface area contributed by atoms with E-state index in [1.54, 1.807) is 0 Å². The first-order chi connectivity index (χ1) is 14.5. The summed E-state index contributed by atoms with van der Waals surface area (Å²) in [6.07, 6.45) is 13.3. The van der Waals surface area contributed by atoms with Crippen molar-refractivity contribution in [2.45, 2.75) is 84.6 Å². The second kappa shape index (κ2) is 7.89. The van der Waals surface area contributed by atoms with Crippen LogP contribution in [0.4, 0.5) is 5.69 Å². The van der Waals surface area contributed by atoms with E-state index in [0.29, 0.717) is 11.5 Å². The monoisotopic (exact) mass is 404 g/mol. The molecule has 2 heteroatoms. The Morgan fingerprint density at radius 1 is 0.967 bits per heavy atom. The molecule has 0 heterocycles. The van der Waals surface area contributed by atoms with Gasteiger partial charge in [0.05, 0.1) is 11.6 Å². The average molecular weight is 405 g/mol. The lowest BCUT2D eigenvalue weighted by molar-refractivity contribution is -0.0683. The van der Waals surface area contributed by atoms with Gasteiger partial charge in [0.2, 0.25) is 0 Å². The molecule has 0 aliphatic heterocycles. The highest BCUT2D eigenvalue weighted by molar-refractivity contribution is 5.48. The second-order valence-electron chi connectivity index (χ2n) is 11.7. The number of nitrogens with zero attached hydrogens (tertiary/aromatic N) is 1. The molecule has 4 aliphatic rings. The number of hydrogen-bond donors (Lipinski definition) is 1. The first-order valence-corrected chi connectivity index (χ1v) is 12.8. The highest BCUT2D eigenvalue weighted by Crippen LogP contribution is 2.65. The van der Waals surface area contributed by atoms with Gasteiger partial charge in [-0.05, 0) is 129 Å². The van der Waals surface area contributed by atoms with Crippen LogP contribution < -0.4 is 5.32 Å². The molecule has 4 aliphatic carbocycles. The van der Waals surface area contributed by atoms with E-state index in [4.69, 9.17) is 5.26 Å². The molecule has 30 heavy (non-hydrogen) atoms. The van der Waals surface area contributed by atoms with Gasteiger partial charge in [0.1, 0.15) is 0 Å². The number of rotatable bonds is 3. The molecule has 1 aromatic rings. The average Bonchev–Trinajstić information content (AvgIpc) is 3.11. The van der Waals surface area contributed by atoms with Gasteiger partial charge >= 0.3 is 0 Å². The van der Waals surface area contributed by atoms with Crippen molar-refractivity contribution in [3.8, 4) is 6.07 Å². The summed E-state index contributed by atoms with van der Waals surface area (Å²) in [5, 5.41) is 12.9. The molecule has 4 saturated carbocycles. The molecule has 0 radical (unpaired) electrons. The number of nitriles is 1. The fourth-order valence-corrected chi connectivity index (χ4v) is 8.95. The summed E-state index contributed by atoms with van der Waals surface area (Å²) in [4.78, 5) is 0. The number of fused-ring (bicyclic) bond motifs is 5. The Labute approximate surface area is 183 Å². The maximum atomic E-state index is 9.06. The maximum absolute atomic E-state index is 9.06. The topological polar surface area (TPSA) is 35.8 Å². The minimum atomic E-state index is 0.497. The molecule has 0 spiro atoms. The third kappa shape index (κ3) is 3.37. The molecule has 0 saturated heterocycles. The molecule has 162 valence electrons. The van der Waals surface area contributed by atoms with Gasteiger partial charge in [-0.2, -0.15) is 5.26 Å². The normalized spacial score (nSPS) is 43.6. The quantitative estimate of drug-likeness (QED) is 0.575. The van der Waals surface area contributed by atoms with Crippen LogP contribution in [-0.4, -0.2) is 6.04 Å². The standard InChI is InChI=1S/C28H40N2/c1-18-4-10-23-21(16-18)7-11-25-24(23)14-15-28(3)26(12-13-27(25)28)19(2)30-22-8-5-20(17-29)6-9-22/h5-6,8-9,18-19,21,23-27,30H,4,7,10-16H2,1-3H3. The zero-order valence-electron chi connectivity index (χ0n) is 19.2. The predicted octanol–water partition coefficient (Wildman–Crippen LogP) is 7.26. The van der Waals surface area contributed by atoms with Crippen molar-refractivity contribution in [3.05, 3.63) is 29.8 Å². The van der Waals surface area contributed by atoms with Gasteiger partial charge in [-0.1, -0.05) is 20.3 Å². The Morgan fingerprint density at radius 2 is 1.73 bits per heavy atom. The van der Waals surface area contributed by atoms with Crippen LogP contribution in [0, 0.1) is 58.2 Å². The van der Waals surface area contributed by atoms with Crippen molar-refractivity contribution in [2.24, 2.45) is 46.8 Å². The van der Waals surface area contributed by atoms with Crippen molar-refractivity contribution < 1.29 is 0 Å². The van der Waals surface area contributed by atoms with Gasteiger partial charge < -0.3 is 5.32 Å². The lowest BCUT2D eigenvalue weighted by atomic mass is 9.49. The fourth-order valence-electron chi connectivity index (χ4n) is 8.95. The molecule has 1 N–H and O–H groups in total. The zero-order chi connectivity index (χ0) is 20.9. The molecule has 0 bridgehead atoms. The van der Waals surface area contributed by atoms with Crippen LogP contribution in [-0.2, 0) is 0 Å². The van der Waals surface area contributed by atoms with E-state index >= 15 is 0 Å². The third-order valence-electron chi connectivity index (χ3n) is 10.3. The lowest BCUT2D eigenvalue weighted by Gasteiger charge is -2.56. The SMILES string of the molecule is CC1CCC2C(CCC3C2CCC2(C)C(C(C)Nc4ccc(C#N)cc4)CCC32)C1. The summed E-state index contributed by atoms with van der Waals surface area (Å²) >= 11 is 0. The van der Waals surface area contributed by atoms with E-state index in [0.717, 1.165) is 47.0 Å². The number of nitrogens with one attached hydrogen (secondary N) is 1. The van der Waals surface area contributed by atoms with E-state index in [2.05, 4.69) is 44.3 Å². The zero-order valence-corrected chi connectivity index (χ0v) is 19.2. The molecule has 9 unspecified atom stereocenters. The Bertz CT molecular complexity index is 792. The Kier molecular flexibility index (Phi) is 5.37. The van der Waals surface area contributed by atoms with E-state index in [9.17, 15) is 0 Å². The smallest absolute Gasteiger partial charge is 0.0991 e. The summed E-state index contributed by atoms with van der Waals surface area (Å²) < 4.78 is 0. The molecular formula is C28H40N2. The Hall–Kier alpha value is -1.49. The van der Waals surface area contributed by atoms with E-state index in [1.165, 1.54) is 63.5 Å². The van der Waals surface area contributed by atoms with E-state index in [1.807, 2.05) is 12.1 Å². The van der Waals surface area contributed by atoms with Crippen LogP contribution in [0.1, 0.15) is 84.1 Å². The molecule has 1 aromatic carbocycles. The third-order valence-corrected chi connectivity index (χ3v) is 10.3. The molecule has 4 fully saturated rings. The maximum Gasteiger partial charge on any atom is 0.0991 e. The van der Waals surface area contributed by atoms with Gasteiger partial charge in [-0.3, -0.25) is 0 Å². The first kappa shape index (κ1) is 20.4. The van der Waals surface area contributed by atoms with Crippen molar-refractivity contribution in [3.63, 3.8) is 0 Å². The molecule has 9 atom stereocenters. The predicted molar refractivity (Wildman–Crippen MR) is 124 cm³/mol. The van der Waals surface area contributed by atoms with Crippen molar-refractivity contribution in [2.75, 3.05) is 5.32 Å². The first-order valence-electron chi connectivity index (χ1n) is 12.8. The molecule has 5 rings (SSSR count). The van der Waals surface area contributed by atoms with E-state index in [-0.39, 0.29) is 0 Å². The van der Waals surface area contributed by atoms with Gasteiger partial charge in [0.25, 0.3) is 0 Å².